The number of fused-ring (bicyclic) bond motifs is 2. The van der Waals surface area contributed by atoms with Crippen molar-refractivity contribution >= 4 is 16.7 Å². The Labute approximate surface area is 178 Å². The van der Waals surface area contributed by atoms with Gasteiger partial charge in [-0.1, -0.05) is 38.8 Å². The predicted octanol–water partition coefficient (Wildman–Crippen LogP) is 3.82. The topological polar surface area (TPSA) is 60.9 Å². The van der Waals surface area contributed by atoms with Crippen molar-refractivity contribution in [1.82, 2.24) is 9.88 Å². The molecule has 0 saturated carbocycles. The van der Waals surface area contributed by atoms with Gasteiger partial charge in [-0.15, -0.1) is 0 Å². The monoisotopic (exact) mass is 412 g/mol. The van der Waals surface area contributed by atoms with Crippen molar-refractivity contribution in [2.75, 3.05) is 26.3 Å². The Morgan fingerprint density at radius 1 is 1.13 bits per heavy atom. The number of hydrogen-bond acceptors (Lipinski definition) is 5. The first kappa shape index (κ1) is 21.1. The third-order valence-electron chi connectivity index (χ3n) is 6.08. The lowest BCUT2D eigenvalue weighted by atomic mass is 9.97. The Balaban J connectivity index is 1.36. The van der Waals surface area contributed by atoms with Gasteiger partial charge in [0.05, 0.1) is 13.2 Å². The van der Waals surface area contributed by atoms with Gasteiger partial charge >= 0.3 is 0 Å². The molecule has 0 spiro atoms. The van der Waals surface area contributed by atoms with Crippen LogP contribution in [0.15, 0.2) is 36.7 Å². The average molecular weight is 413 g/mol. The number of likely N-dealkylation sites (tertiary alicyclic amines) is 1. The van der Waals surface area contributed by atoms with Crippen LogP contribution in [0.1, 0.15) is 39.5 Å². The van der Waals surface area contributed by atoms with Crippen LogP contribution in [0.2, 0.25) is 0 Å². The summed E-state index contributed by atoms with van der Waals surface area (Å²) in [4.78, 5) is 19.1. The van der Waals surface area contributed by atoms with E-state index in [1.807, 2.05) is 35.4 Å². The van der Waals surface area contributed by atoms with Gasteiger partial charge in [0.1, 0.15) is 24.1 Å². The molecular formula is C24H32N2O4. The molecule has 2 aliphatic rings. The summed E-state index contributed by atoms with van der Waals surface area (Å²) in [6, 6.07) is 7.93. The second-order valence-electron chi connectivity index (χ2n) is 8.35. The fourth-order valence-electron chi connectivity index (χ4n) is 4.54. The summed E-state index contributed by atoms with van der Waals surface area (Å²) in [6.07, 6.45) is 7.25. The van der Waals surface area contributed by atoms with E-state index in [-0.39, 0.29) is 30.1 Å². The van der Waals surface area contributed by atoms with Crippen LogP contribution < -0.4 is 4.74 Å². The lowest BCUT2D eigenvalue weighted by Crippen LogP contribution is -2.36. The number of benzene rings is 1. The van der Waals surface area contributed by atoms with E-state index in [1.165, 1.54) is 0 Å². The number of amides is 1. The fourth-order valence-corrected chi connectivity index (χ4v) is 4.54. The van der Waals surface area contributed by atoms with Crippen molar-refractivity contribution in [2.45, 2.75) is 57.8 Å². The van der Waals surface area contributed by atoms with Gasteiger partial charge in [-0.05, 0) is 25.0 Å². The van der Waals surface area contributed by atoms with Gasteiger partial charge in [-0.2, -0.15) is 0 Å². The van der Waals surface area contributed by atoms with Crippen LogP contribution in [0.4, 0.5) is 0 Å². The van der Waals surface area contributed by atoms with Crippen LogP contribution in [0.3, 0.4) is 0 Å². The van der Waals surface area contributed by atoms with E-state index in [9.17, 15) is 4.79 Å². The number of pyridine rings is 1. The second-order valence-corrected chi connectivity index (χ2v) is 8.35. The SMILES string of the molecule is CCCC(CCC)C(=O)N1C[C@@H]2OCC(Oc3cccc4cnccc34)CO[C@H]2C1. The maximum Gasteiger partial charge on any atom is 0.225 e. The van der Waals surface area contributed by atoms with E-state index in [2.05, 4.69) is 18.8 Å². The molecule has 2 aliphatic heterocycles. The molecule has 2 fully saturated rings. The zero-order chi connectivity index (χ0) is 20.9. The minimum absolute atomic E-state index is 0.0804. The van der Waals surface area contributed by atoms with Gasteiger partial charge in [0, 0.05) is 42.2 Å². The second kappa shape index (κ2) is 9.75. The summed E-state index contributed by atoms with van der Waals surface area (Å²) in [5.74, 6) is 1.20. The lowest BCUT2D eigenvalue weighted by molar-refractivity contribution is -0.136. The maximum absolute atomic E-state index is 13.0. The largest absolute Gasteiger partial charge is 0.485 e. The highest BCUT2D eigenvalue weighted by atomic mass is 16.6. The highest BCUT2D eigenvalue weighted by Crippen LogP contribution is 2.28. The smallest absolute Gasteiger partial charge is 0.225 e. The van der Waals surface area contributed by atoms with Crippen molar-refractivity contribution in [1.29, 1.82) is 0 Å². The number of nitrogens with zero attached hydrogens (tertiary/aromatic N) is 2. The average Bonchev–Trinajstić information content (AvgIpc) is 3.09. The van der Waals surface area contributed by atoms with Crippen LogP contribution in [0.25, 0.3) is 10.8 Å². The Bertz CT molecular complexity index is 831. The zero-order valence-corrected chi connectivity index (χ0v) is 18.0. The molecule has 4 rings (SSSR count). The minimum Gasteiger partial charge on any atom is -0.485 e. The van der Waals surface area contributed by atoms with Crippen molar-refractivity contribution in [3.8, 4) is 5.75 Å². The van der Waals surface area contributed by atoms with Gasteiger partial charge in [-0.25, -0.2) is 0 Å². The van der Waals surface area contributed by atoms with Crippen LogP contribution in [0, 0.1) is 5.92 Å². The molecule has 2 aromatic rings. The van der Waals surface area contributed by atoms with E-state index in [0.717, 1.165) is 42.2 Å². The predicted molar refractivity (Wildman–Crippen MR) is 116 cm³/mol. The molecule has 0 bridgehead atoms. The summed E-state index contributed by atoms with van der Waals surface area (Å²) >= 11 is 0. The summed E-state index contributed by atoms with van der Waals surface area (Å²) < 4.78 is 18.5. The Kier molecular flexibility index (Phi) is 6.85. The summed E-state index contributed by atoms with van der Waals surface area (Å²) in [5, 5.41) is 2.08. The van der Waals surface area contributed by atoms with Crippen molar-refractivity contribution in [2.24, 2.45) is 5.92 Å². The summed E-state index contributed by atoms with van der Waals surface area (Å²) in [5.41, 5.74) is 0. The molecule has 0 aliphatic carbocycles. The molecule has 3 heterocycles. The maximum atomic E-state index is 13.0. The third kappa shape index (κ3) is 4.60. The molecule has 0 unspecified atom stereocenters. The van der Waals surface area contributed by atoms with Crippen LogP contribution >= 0.6 is 0 Å². The zero-order valence-electron chi connectivity index (χ0n) is 18.0. The van der Waals surface area contributed by atoms with Crippen molar-refractivity contribution < 1.29 is 19.0 Å². The molecule has 6 nitrogen and oxygen atoms in total. The quantitative estimate of drug-likeness (QED) is 0.692. The van der Waals surface area contributed by atoms with Gasteiger partial charge in [0.25, 0.3) is 0 Å². The highest BCUT2D eigenvalue weighted by Gasteiger charge is 2.41. The van der Waals surface area contributed by atoms with E-state index >= 15 is 0 Å². The van der Waals surface area contributed by atoms with Gasteiger partial charge in [0.15, 0.2) is 0 Å². The third-order valence-corrected chi connectivity index (χ3v) is 6.08. The molecule has 162 valence electrons. The van der Waals surface area contributed by atoms with E-state index in [4.69, 9.17) is 14.2 Å². The first-order chi connectivity index (χ1) is 14.7. The molecule has 30 heavy (non-hydrogen) atoms. The first-order valence-electron chi connectivity index (χ1n) is 11.2. The molecule has 1 aromatic carbocycles. The molecule has 2 atom stereocenters. The highest BCUT2D eigenvalue weighted by molar-refractivity contribution is 5.87. The molecule has 1 amide bonds. The molecule has 0 radical (unpaired) electrons. The Morgan fingerprint density at radius 2 is 1.83 bits per heavy atom. The van der Waals surface area contributed by atoms with Crippen LogP contribution in [-0.4, -0.2) is 60.4 Å². The lowest BCUT2D eigenvalue weighted by Gasteiger charge is -2.24. The van der Waals surface area contributed by atoms with Crippen molar-refractivity contribution in [3.05, 3.63) is 36.7 Å². The number of hydrogen-bond donors (Lipinski definition) is 0. The van der Waals surface area contributed by atoms with Crippen LogP contribution in [-0.2, 0) is 14.3 Å². The molecular weight excluding hydrogens is 380 g/mol. The fraction of sp³-hybridized carbons (Fsp3) is 0.583. The number of rotatable bonds is 7. The van der Waals surface area contributed by atoms with Gasteiger partial charge in [-0.3, -0.25) is 9.78 Å². The Hall–Kier alpha value is -2.18. The Morgan fingerprint density at radius 3 is 2.50 bits per heavy atom. The molecule has 2 saturated heterocycles. The van der Waals surface area contributed by atoms with Gasteiger partial charge < -0.3 is 19.1 Å². The van der Waals surface area contributed by atoms with E-state index < -0.39 is 0 Å². The minimum atomic E-state index is -0.175. The summed E-state index contributed by atoms with van der Waals surface area (Å²) in [6.45, 7) is 6.42. The number of aromatic nitrogens is 1. The number of ether oxygens (including phenoxy) is 3. The van der Waals surface area contributed by atoms with Gasteiger partial charge in [0.2, 0.25) is 5.91 Å². The van der Waals surface area contributed by atoms with Crippen LogP contribution in [0.5, 0.6) is 5.75 Å². The number of carbonyl (C=O) groups is 1. The molecule has 0 N–H and O–H groups in total. The molecule has 1 aromatic heterocycles. The standard InChI is InChI=1S/C24H32N2O4/c1-3-6-17(7-4-2)24(27)26-13-22-23(14-26)29-16-19(15-28-22)30-21-9-5-8-18-12-25-11-10-20(18)21/h5,8-12,17,19,22-23H,3-4,6-7,13-16H2,1-2H3/t22-,23-/m0/s1. The first-order valence-corrected chi connectivity index (χ1v) is 11.2. The normalized spacial score (nSPS) is 22.3. The van der Waals surface area contributed by atoms with E-state index in [0.29, 0.717) is 26.3 Å². The number of carbonyl (C=O) groups excluding carboxylic acids is 1. The van der Waals surface area contributed by atoms with E-state index in [1.54, 1.807) is 6.20 Å². The molecule has 6 heteroatoms. The van der Waals surface area contributed by atoms with Crippen molar-refractivity contribution in [3.63, 3.8) is 0 Å². The summed E-state index contributed by atoms with van der Waals surface area (Å²) in [7, 11) is 0.